The minimum absolute atomic E-state index is 0.584. The number of hydrogen-bond acceptors (Lipinski definition) is 2. The first-order valence-electron chi connectivity index (χ1n) is 6.40. The van der Waals surface area contributed by atoms with Crippen LogP contribution in [0.25, 0.3) is 0 Å². The maximum atomic E-state index is 5.73. The number of benzene rings is 1. The predicted molar refractivity (Wildman–Crippen MR) is 69.3 cm³/mol. The molecule has 88 valence electrons. The zero-order valence-corrected chi connectivity index (χ0v) is 10.2. The van der Waals surface area contributed by atoms with Gasteiger partial charge >= 0.3 is 0 Å². The van der Waals surface area contributed by atoms with Crippen LogP contribution in [0.3, 0.4) is 0 Å². The Morgan fingerprint density at radius 3 is 2.31 bits per heavy atom. The van der Waals surface area contributed by atoms with E-state index in [0.29, 0.717) is 6.04 Å². The van der Waals surface area contributed by atoms with Crippen molar-refractivity contribution in [2.75, 3.05) is 18.8 Å². The predicted octanol–water partition coefficient (Wildman–Crippen LogP) is 3.21. The summed E-state index contributed by atoms with van der Waals surface area (Å²) in [5.41, 5.74) is 8.01. The van der Waals surface area contributed by atoms with E-state index in [1.807, 2.05) is 12.1 Å². The lowest BCUT2D eigenvalue weighted by Gasteiger charge is -2.34. The Labute approximate surface area is 98.4 Å². The van der Waals surface area contributed by atoms with Gasteiger partial charge < -0.3 is 5.73 Å². The third kappa shape index (κ3) is 2.56. The average molecular weight is 218 g/mol. The van der Waals surface area contributed by atoms with Crippen molar-refractivity contribution in [1.29, 1.82) is 0 Å². The largest absolute Gasteiger partial charge is 0.399 e. The van der Waals surface area contributed by atoms with E-state index in [4.69, 9.17) is 5.73 Å². The van der Waals surface area contributed by atoms with Crippen LogP contribution >= 0.6 is 0 Å². The van der Waals surface area contributed by atoms with E-state index >= 15 is 0 Å². The summed E-state index contributed by atoms with van der Waals surface area (Å²) in [6.45, 7) is 4.78. The van der Waals surface area contributed by atoms with E-state index in [1.165, 1.54) is 44.3 Å². The monoisotopic (exact) mass is 218 g/mol. The molecular weight excluding hydrogens is 196 g/mol. The molecule has 1 saturated heterocycles. The first-order valence-corrected chi connectivity index (χ1v) is 6.40. The van der Waals surface area contributed by atoms with Gasteiger partial charge in [-0.15, -0.1) is 0 Å². The molecule has 1 atom stereocenters. The number of likely N-dealkylation sites (tertiary alicyclic amines) is 1. The first-order chi connectivity index (χ1) is 7.81. The second-order valence-electron chi connectivity index (χ2n) is 4.69. The van der Waals surface area contributed by atoms with Crippen LogP contribution in [0.1, 0.15) is 44.2 Å². The fourth-order valence-corrected chi connectivity index (χ4v) is 2.65. The molecule has 16 heavy (non-hydrogen) atoms. The fourth-order valence-electron chi connectivity index (χ4n) is 2.65. The van der Waals surface area contributed by atoms with Crippen molar-refractivity contribution < 1.29 is 0 Å². The molecule has 0 amide bonds. The lowest BCUT2D eigenvalue weighted by atomic mass is 9.99. The Morgan fingerprint density at radius 1 is 1.12 bits per heavy atom. The zero-order chi connectivity index (χ0) is 11.4. The van der Waals surface area contributed by atoms with Gasteiger partial charge in [0, 0.05) is 11.7 Å². The summed E-state index contributed by atoms with van der Waals surface area (Å²) < 4.78 is 0. The topological polar surface area (TPSA) is 29.3 Å². The molecule has 0 radical (unpaired) electrons. The molecule has 1 aliphatic heterocycles. The van der Waals surface area contributed by atoms with Crippen LogP contribution in [-0.2, 0) is 0 Å². The van der Waals surface area contributed by atoms with Gasteiger partial charge in [-0.2, -0.15) is 0 Å². The number of piperidine rings is 1. The molecular formula is C14H22N2. The number of nitrogens with two attached hydrogens (primary N) is 1. The Morgan fingerprint density at radius 2 is 1.75 bits per heavy atom. The molecule has 1 aliphatic rings. The summed E-state index contributed by atoms with van der Waals surface area (Å²) in [4.78, 5) is 2.62. The lowest BCUT2D eigenvalue weighted by molar-refractivity contribution is 0.159. The summed E-state index contributed by atoms with van der Waals surface area (Å²) in [5.74, 6) is 0. The van der Waals surface area contributed by atoms with Gasteiger partial charge in [-0.3, -0.25) is 4.90 Å². The lowest BCUT2D eigenvalue weighted by Crippen LogP contribution is -2.33. The molecule has 1 unspecified atom stereocenters. The average Bonchev–Trinajstić information content (AvgIpc) is 2.34. The second kappa shape index (κ2) is 5.35. The van der Waals surface area contributed by atoms with Gasteiger partial charge in [0.05, 0.1) is 0 Å². The van der Waals surface area contributed by atoms with Gasteiger partial charge in [0.15, 0.2) is 0 Å². The number of nitrogen functional groups attached to an aromatic ring is 1. The second-order valence-corrected chi connectivity index (χ2v) is 4.69. The quantitative estimate of drug-likeness (QED) is 0.789. The van der Waals surface area contributed by atoms with Crippen molar-refractivity contribution in [2.24, 2.45) is 0 Å². The highest BCUT2D eigenvalue weighted by molar-refractivity contribution is 5.40. The smallest absolute Gasteiger partial charge is 0.0345 e. The highest BCUT2D eigenvalue weighted by atomic mass is 15.2. The van der Waals surface area contributed by atoms with Gasteiger partial charge in [-0.25, -0.2) is 0 Å². The van der Waals surface area contributed by atoms with E-state index in [1.54, 1.807) is 0 Å². The molecule has 0 aliphatic carbocycles. The molecule has 1 aromatic rings. The van der Waals surface area contributed by atoms with Crippen molar-refractivity contribution in [2.45, 2.75) is 38.6 Å². The van der Waals surface area contributed by atoms with E-state index < -0.39 is 0 Å². The number of hydrogen-bond donors (Lipinski definition) is 1. The summed E-state index contributed by atoms with van der Waals surface area (Å²) in [5, 5.41) is 0. The van der Waals surface area contributed by atoms with Crippen LogP contribution < -0.4 is 5.73 Å². The van der Waals surface area contributed by atoms with Crippen LogP contribution in [-0.4, -0.2) is 18.0 Å². The molecule has 2 N–H and O–H groups in total. The van der Waals surface area contributed by atoms with E-state index in [-0.39, 0.29) is 0 Å². The Balaban J connectivity index is 2.11. The Bertz CT molecular complexity index is 312. The van der Waals surface area contributed by atoms with Gasteiger partial charge in [0.25, 0.3) is 0 Å². The van der Waals surface area contributed by atoms with Crippen molar-refractivity contribution in [1.82, 2.24) is 4.90 Å². The summed E-state index contributed by atoms with van der Waals surface area (Å²) in [6.07, 6.45) is 5.29. The van der Waals surface area contributed by atoms with Crippen LogP contribution in [0.15, 0.2) is 24.3 Å². The molecule has 1 fully saturated rings. The molecule has 2 heteroatoms. The fraction of sp³-hybridized carbons (Fsp3) is 0.571. The Hall–Kier alpha value is -1.02. The van der Waals surface area contributed by atoms with Crippen molar-refractivity contribution >= 4 is 5.69 Å². The van der Waals surface area contributed by atoms with Crippen LogP contribution in [0, 0.1) is 0 Å². The van der Waals surface area contributed by atoms with E-state index in [2.05, 4.69) is 24.0 Å². The maximum Gasteiger partial charge on any atom is 0.0345 e. The standard InChI is InChI=1S/C14H22N2/c1-2-14(16-10-4-3-5-11-16)12-6-8-13(15)9-7-12/h6-9,14H,2-5,10-11,15H2,1H3. The summed E-state index contributed by atoms with van der Waals surface area (Å²) >= 11 is 0. The molecule has 2 nitrogen and oxygen atoms in total. The number of anilines is 1. The normalized spacial score (nSPS) is 19.6. The van der Waals surface area contributed by atoms with E-state index in [0.717, 1.165) is 5.69 Å². The zero-order valence-electron chi connectivity index (χ0n) is 10.2. The highest BCUT2D eigenvalue weighted by Gasteiger charge is 2.20. The molecule has 0 aromatic heterocycles. The summed E-state index contributed by atoms with van der Waals surface area (Å²) in [7, 11) is 0. The SMILES string of the molecule is CCC(c1ccc(N)cc1)N1CCCCC1. The van der Waals surface area contributed by atoms with Crippen LogP contribution in [0.2, 0.25) is 0 Å². The van der Waals surface area contributed by atoms with Crippen LogP contribution in [0.4, 0.5) is 5.69 Å². The minimum Gasteiger partial charge on any atom is -0.399 e. The molecule has 1 aromatic carbocycles. The third-order valence-electron chi connectivity index (χ3n) is 3.54. The molecule has 1 heterocycles. The van der Waals surface area contributed by atoms with E-state index in [9.17, 15) is 0 Å². The number of rotatable bonds is 3. The minimum atomic E-state index is 0.584. The van der Waals surface area contributed by atoms with Gasteiger partial charge in [-0.05, 0) is 50.0 Å². The van der Waals surface area contributed by atoms with Gasteiger partial charge in [0.1, 0.15) is 0 Å². The van der Waals surface area contributed by atoms with Crippen molar-refractivity contribution in [3.8, 4) is 0 Å². The third-order valence-corrected chi connectivity index (χ3v) is 3.54. The van der Waals surface area contributed by atoms with Gasteiger partial charge in [0.2, 0.25) is 0 Å². The Kier molecular flexibility index (Phi) is 3.83. The van der Waals surface area contributed by atoms with Crippen molar-refractivity contribution in [3.63, 3.8) is 0 Å². The molecule has 0 saturated carbocycles. The first kappa shape index (κ1) is 11.5. The highest BCUT2D eigenvalue weighted by Crippen LogP contribution is 2.27. The van der Waals surface area contributed by atoms with Crippen LogP contribution in [0.5, 0.6) is 0 Å². The maximum absolute atomic E-state index is 5.73. The molecule has 2 rings (SSSR count). The molecule has 0 bridgehead atoms. The van der Waals surface area contributed by atoms with Gasteiger partial charge in [-0.1, -0.05) is 25.5 Å². The number of nitrogens with zero attached hydrogens (tertiary/aromatic N) is 1. The van der Waals surface area contributed by atoms with Crippen molar-refractivity contribution in [3.05, 3.63) is 29.8 Å². The summed E-state index contributed by atoms with van der Waals surface area (Å²) in [6, 6.07) is 8.97. The molecule has 0 spiro atoms.